The van der Waals surface area contributed by atoms with Crippen LogP contribution >= 0.6 is 0 Å². The fourth-order valence-electron chi connectivity index (χ4n) is 1.96. The molecule has 0 aliphatic rings. The van der Waals surface area contributed by atoms with E-state index in [0.717, 1.165) is 5.52 Å². The zero-order chi connectivity index (χ0) is 15.4. The van der Waals surface area contributed by atoms with Crippen molar-refractivity contribution in [3.05, 3.63) is 59.9 Å². The minimum Gasteiger partial charge on any atom is -0.271 e. The highest BCUT2D eigenvalue weighted by molar-refractivity contribution is 5.83. The van der Waals surface area contributed by atoms with Gasteiger partial charge in [-0.25, -0.2) is 14.5 Å². The summed E-state index contributed by atoms with van der Waals surface area (Å²) >= 11 is 0. The summed E-state index contributed by atoms with van der Waals surface area (Å²) in [5.74, 6) is -0.772. The van der Waals surface area contributed by atoms with Crippen LogP contribution in [0.15, 0.2) is 53.6 Å². The van der Waals surface area contributed by atoms with Crippen molar-refractivity contribution in [2.45, 2.75) is 6.54 Å². The first-order valence-electron chi connectivity index (χ1n) is 6.59. The predicted octanol–water partition coefficient (Wildman–Crippen LogP) is 1.72. The van der Waals surface area contributed by atoms with Crippen LogP contribution in [0.4, 0.5) is 4.39 Å². The van der Waals surface area contributed by atoms with Gasteiger partial charge in [-0.05, 0) is 18.2 Å². The molecule has 0 unspecified atom stereocenters. The molecular weight excluding hydrogens is 285 g/mol. The average Bonchev–Trinajstić information content (AvgIpc) is 2.92. The lowest BCUT2D eigenvalue weighted by atomic mass is 10.2. The highest BCUT2D eigenvalue weighted by Crippen LogP contribution is 2.09. The topological polar surface area (TPSA) is 72.2 Å². The summed E-state index contributed by atoms with van der Waals surface area (Å²) in [7, 11) is 0. The van der Waals surface area contributed by atoms with Crippen molar-refractivity contribution in [3.63, 3.8) is 0 Å². The van der Waals surface area contributed by atoms with Gasteiger partial charge in [-0.3, -0.25) is 4.79 Å². The maximum absolute atomic E-state index is 13.4. The lowest BCUT2D eigenvalue weighted by Gasteiger charge is -2.01. The van der Waals surface area contributed by atoms with E-state index in [1.807, 2.05) is 24.3 Å². The number of hydrogen-bond donors (Lipinski definition) is 1. The van der Waals surface area contributed by atoms with E-state index < -0.39 is 5.82 Å². The fourth-order valence-corrected chi connectivity index (χ4v) is 1.96. The second kappa shape index (κ2) is 6.13. The van der Waals surface area contributed by atoms with Crippen LogP contribution < -0.4 is 5.43 Å². The predicted molar refractivity (Wildman–Crippen MR) is 79.7 cm³/mol. The molecule has 7 heteroatoms. The van der Waals surface area contributed by atoms with Crippen molar-refractivity contribution in [1.82, 2.24) is 20.4 Å². The number of nitrogens with one attached hydrogen (secondary N) is 1. The van der Waals surface area contributed by atoms with Crippen molar-refractivity contribution >= 4 is 23.2 Å². The number of carbonyl (C=O) groups excluding carboxylic acids is 1. The zero-order valence-corrected chi connectivity index (χ0v) is 11.5. The quantitative estimate of drug-likeness (QED) is 0.588. The molecule has 0 saturated carbocycles. The van der Waals surface area contributed by atoms with Crippen LogP contribution in [-0.4, -0.2) is 27.1 Å². The molecule has 0 spiro atoms. The van der Waals surface area contributed by atoms with Gasteiger partial charge in [-0.15, -0.1) is 5.10 Å². The van der Waals surface area contributed by atoms with E-state index in [9.17, 15) is 9.18 Å². The SMILES string of the molecule is O=C(Cn1nnc2ccccc21)N/N=C/c1ccccc1F. The van der Waals surface area contributed by atoms with Gasteiger partial charge in [0.25, 0.3) is 5.91 Å². The molecule has 1 heterocycles. The number of aromatic nitrogens is 3. The van der Waals surface area contributed by atoms with Crippen LogP contribution in [0.3, 0.4) is 0 Å². The van der Waals surface area contributed by atoms with E-state index in [2.05, 4.69) is 20.8 Å². The Morgan fingerprint density at radius 1 is 1.23 bits per heavy atom. The molecule has 1 aromatic heterocycles. The molecule has 22 heavy (non-hydrogen) atoms. The van der Waals surface area contributed by atoms with Crippen molar-refractivity contribution < 1.29 is 9.18 Å². The van der Waals surface area contributed by atoms with Crippen molar-refractivity contribution in [2.24, 2.45) is 5.10 Å². The maximum atomic E-state index is 13.4. The van der Waals surface area contributed by atoms with Crippen molar-refractivity contribution in [2.75, 3.05) is 0 Å². The molecule has 0 bridgehead atoms. The fraction of sp³-hybridized carbons (Fsp3) is 0.0667. The monoisotopic (exact) mass is 297 g/mol. The summed E-state index contributed by atoms with van der Waals surface area (Å²) in [6.07, 6.45) is 1.26. The Hall–Kier alpha value is -3.09. The second-order valence-electron chi connectivity index (χ2n) is 4.55. The van der Waals surface area contributed by atoms with Gasteiger partial charge < -0.3 is 0 Å². The van der Waals surface area contributed by atoms with Crippen LogP contribution in [-0.2, 0) is 11.3 Å². The third-order valence-corrected chi connectivity index (χ3v) is 3.01. The zero-order valence-electron chi connectivity index (χ0n) is 11.5. The van der Waals surface area contributed by atoms with Crippen LogP contribution in [0, 0.1) is 5.82 Å². The van der Waals surface area contributed by atoms with E-state index in [-0.39, 0.29) is 12.5 Å². The van der Waals surface area contributed by atoms with Gasteiger partial charge in [0.05, 0.1) is 11.7 Å². The summed E-state index contributed by atoms with van der Waals surface area (Å²) < 4.78 is 14.8. The molecule has 0 saturated heterocycles. The summed E-state index contributed by atoms with van der Waals surface area (Å²) in [5, 5.41) is 11.6. The first-order chi connectivity index (χ1) is 10.7. The number of fused-ring (bicyclic) bond motifs is 1. The molecule has 0 fully saturated rings. The normalized spacial score (nSPS) is 11.1. The van der Waals surface area contributed by atoms with Crippen LogP contribution in [0.25, 0.3) is 11.0 Å². The summed E-state index contributed by atoms with van der Waals surface area (Å²) in [5.41, 5.74) is 4.11. The molecule has 1 amide bonds. The van der Waals surface area contributed by atoms with Gasteiger partial charge in [0.2, 0.25) is 0 Å². The Labute approximate surface area is 125 Å². The van der Waals surface area contributed by atoms with Crippen LogP contribution in [0.5, 0.6) is 0 Å². The van der Waals surface area contributed by atoms with Crippen molar-refractivity contribution in [3.8, 4) is 0 Å². The lowest BCUT2D eigenvalue weighted by molar-refractivity contribution is -0.121. The third kappa shape index (κ3) is 2.98. The molecule has 6 nitrogen and oxygen atoms in total. The van der Waals surface area contributed by atoms with Gasteiger partial charge in [0.15, 0.2) is 0 Å². The molecule has 0 aliphatic heterocycles. The smallest absolute Gasteiger partial charge is 0.261 e. The number of amides is 1. The molecular formula is C15H12FN5O. The Kier molecular flexibility index (Phi) is 3.86. The molecule has 3 rings (SSSR count). The molecule has 0 atom stereocenters. The van der Waals surface area contributed by atoms with E-state index >= 15 is 0 Å². The first-order valence-corrected chi connectivity index (χ1v) is 6.59. The summed E-state index contributed by atoms with van der Waals surface area (Å²) in [6, 6.07) is 13.5. The van der Waals surface area contributed by atoms with Gasteiger partial charge in [0, 0.05) is 5.56 Å². The molecule has 110 valence electrons. The molecule has 0 aliphatic carbocycles. The number of halogens is 1. The van der Waals surface area contributed by atoms with E-state index in [0.29, 0.717) is 11.1 Å². The Bertz CT molecular complexity index is 843. The number of hydrazone groups is 1. The third-order valence-electron chi connectivity index (χ3n) is 3.01. The minimum atomic E-state index is -0.400. The van der Waals surface area contributed by atoms with E-state index in [4.69, 9.17) is 0 Å². The Balaban J connectivity index is 1.65. The number of benzene rings is 2. The number of nitrogens with zero attached hydrogens (tertiary/aromatic N) is 4. The Morgan fingerprint density at radius 3 is 2.86 bits per heavy atom. The maximum Gasteiger partial charge on any atom is 0.261 e. The summed E-state index contributed by atoms with van der Waals surface area (Å²) in [6.45, 7) is -0.0187. The molecule has 1 N–H and O–H groups in total. The number of rotatable bonds is 4. The second-order valence-corrected chi connectivity index (χ2v) is 4.55. The molecule has 2 aromatic carbocycles. The van der Waals surface area contributed by atoms with Gasteiger partial charge in [-0.2, -0.15) is 5.10 Å². The Morgan fingerprint density at radius 2 is 2.00 bits per heavy atom. The van der Waals surface area contributed by atoms with Crippen LogP contribution in [0.1, 0.15) is 5.56 Å². The van der Waals surface area contributed by atoms with Crippen molar-refractivity contribution in [1.29, 1.82) is 0 Å². The van der Waals surface area contributed by atoms with Gasteiger partial charge in [-0.1, -0.05) is 35.5 Å². The average molecular weight is 297 g/mol. The van der Waals surface area contributed by atoms with E-state index in [1.165, 1.54) is 17.0 Å². The highest BCUT2D eigenvalue weighted by atomic mass is 19.1. The van der Waals surface area contributed by atoms with Crippen LogP contribution in [0.2, 0.25) is 0 Å². The largest absolute Gasteiger partial charge is 0.271 e. The standard InChI is InChI=1S/C15H12FN5O/c16-12-6-2-1-5-11(12)9-17-19-15(22)10-21-14-8-4-3-7-13(14)18-20-21/h1-9H,10H2,(H,19,22)/b17-9+. The van der Waals surface area contributed by atoms with Gasteiger partial charge in [0.1, 0.15) is 17.9 Å². The number of carbonyl (C=O) groups is 1. The lowest BCUT2D eigenvalue weighted by Crippen LogP contribution is -2.23. The van der Waals surface area contributed by atoms with E-state index in [1.54, 1.807) is 18.2 Å². The number of para-hydroxylation sites is 1. The minimum absolute atomic E-state index is 0.0187. The molecule has 3 aromatic rings. The van der Waals surface area contributed by atoms with Gasteiger partial charge >= 0.3 is 0 Å². The summed E-state index contributed by atoms with van der Waals surface area (Å²) in [4.78, 5) is 11.8. The molecule has 0 radical (unpaired) electrons. The first kappa shape index (κ1) is 13.9. The number of hydrogen-bond acceptors (Lipinski definition) is 4. The highest BCUT2D eigenvalue weighted by Gasteiger charge is 2.07.